The third-order valence-corrected chi connectivity index (χ3v) is 5.22. The summed E-state index contributed by atoms with van der Waals surface area (Å²) in [6, 6.07) is 9.68. The molecule has 0 radical (unpaired) electrons. The van der Waals surface area contributed by atoms with Crippen LogP contribution in [0.15, 0.2) is 35.3 Å². The van der Waals surface area contributed by atoms with Gasteiger partial charge in [0.05, 0.1) is 11.3 Å². The highest BCUT2D eigenvalue weighted by molar-refractivity contribution is 7.85. The van der Waals surface area contributed by atoms with Crippen molar-refractivity contribution in [3.8, 4) is 0 Å². The monoisotopic (exact) mass is 265 g/mol. The quantitative estimate of drug-likeness (QED) is 0.643. The minimum atomic E-state index is -0.835. The summed E-state index contributed by atoms with van der Waals surface area (Å²) >= 11 is 0. The van der Waals surface area contributed by atoms with Crippen LogP contribution in [0.2, 0.25) is 0 Å². The maximum Gasteiger partial charge on any atom is 0.193 e. The number of aliphatic imine (C=N–C) groups is 1. The molecule has 1 aliphatic rings. The molecule has 4 nitrogen and oxygen atoms in total. The number of para-hydroxylation sites is 1. The molecule has 98 valence electrons. The fourth-order valence-electron chi connectivity index (χ4n) is 2.05. The number of rotatable bonds is 4. The predicted octanol–water partition coefficient (Wildman–Crippen LogP) is 1.71. The summed E-state index contributed by atoms with van der Waals surface area (Å²) in [5, 5.41) is 3.03. The SMILES string of the molecule is CS(=O)C1(CN=C(N)Nc2ccccc2)CCC1. The zero-order valence-corrected chi connectivity index (χ0v) is 11.4. The van der Waals surface area contributed by atoms with Crippen molar-refractivity contribution in [2.75, 3.05) is 18.1 Å². The molecule has 1 saturated carbocycles. The molecule has 0 aromatic heterocycles. The summed E-state index contributed by atoms with van der Waals surface area (Å²) < 4.78 is 11.6. The van der Waals surface area contributed by atoms with E-state index in [0.29, 0.717) is 12.5 Å². The van der Waals surface area contributed by atoms with Gasteiger partial charge in [0.2, 0.25) is 0 Å². The van der Waals surface area contributed by atoms with Gasteiger partial charge in [-0.2, -0.15) is 0 Å². The Morgan fingerprint density at radius 2 is 2.11 bits per heavy atom. The summed E-state index contributed by atoms with van der Waals surface area (Å²) in [6.45, 7) is 0.543. The first-order valence-corrected chi connectivity index (χ1v) is 7.64. The number of hydrogen-bond acceptors (Lipinski definition) is 2. The van der Waals surface area contributed by atoms with Crippen molar-refractivity contribution in [2.24, 2.45) is 10.7 Å². The molecule has 0 bridgehead atoms. The molecule has 18 heavy (non-hydrogen) atoms. The Bertz CT molecular complexity index is 455. The first-order chi connectivity index (χ1) is 8.62. The van der Waals surface area contributed by atoms with Gasteiger partial charge >= 0.3 is 0 Å². The van der Waals surface area contributed by atoms with Crippen LogP contribution in [0.5, 0.6) is 0 Å². The Labute approximate surface area is 110 Å². The highest BCUT2D eigenvalue weighted by Crippen LogP contribution is 2.37. The van der Waals surface area contributed by atoms with Gasteiger partial charge in [0, 0.05) is 22.7 Å². The minimum absolute atomic E-state index is 0.136. The maximum absolute atomic E-state index is 11.7. The summed E-state index contributed by atoms with van der Waals surface area (Å²) in [5.74, 6) is 0.387. The lowest BCUT2D eigenvalue weighted by molar-refractivity contribution is 0.361. The number of nitrogens with zero attached hydrogens (tertiary/aromatic N) is 1. The molecule has 3 N–H and O–H groups in total. The third-order valence-electron chi connectivity index (χ3n) is 3.46. The molecule has 0 saturated heterocycles. The minimum Gasteiger partial charge on any atom is -0.370 e. The van der Waals surface area contributed by atoms with Gasteiger partial charge in [-0.25, -0.2) is 0 Å². The van der Waals surface area contributed by atoms with Gasteiger partial charge in [0.15, 0.2) is 5.96 Å². The van der Waals surface area contributed by atoms with Crippen LogP contribution in [0.4, 0.5) is 5.69 Å². The van der Waals surface area contributed by atoms with Crippen LogP contribution in [-0.4, -0.2) is 27.7 Å². The van der Waals surface area contributed by atoms with Crippen molar-refractivity contribution in [1.29, 1.82) is 0 Å². The molecule has 1 aliphatic carbocycles. The first-order valence-electron chi connectivity index (χ1n) is 6.08. The fraction of sp³-hybridized carbons (Fsp3) is 0.462. The molecule has 1 fully saturated rings. The average Bonchev–Trinajstić information content (AvgIpc) is 2.28. The number of guanidine groups is 1. The van der Waals surface area contributed by atoms with Crippen LogP contribution < -0.4 is 11.1 Å². The van der Waals surface area contributed by atoms with Gasteiger partial charge in [-0.3, -0.25) is 9.20 Å². The average molecular weight is 265 g/mol. The Hall–Kier alpha value is -1.36. The summed E-state index contributed by atoms with van der Waals surface area (Å²) in [5.41, 5.74) is 6.75. The van der Waals surface area contributed by atoms with E-state index in [1.807, 2.05) is 30.3 Å². The largest absolute Gasteiger partial charge is 0.370 e. The third kappa shape index (κ3) is 2.90. The van der Waals surface area contributed by atoms with E-state index in [9.17, 15) is 4.21 Å². The zero-order chi connectivity index (χ0) is 13.0. The van der Waals surface area contributed by atoms with Gasteiger partial charge in [-0.05, 0) is 25.0 Å². The number of anilines is 1. The summed E-state index contributed by atoms with van der Waals surface area (Å²) in [6.07, 6.45) is 4.87. The van der Waals surface area contributed by atoms with E-state index in [2.05, 4.69) is 10.3 Å². The molecule has 0 heterocycles. The second-order valence-electron chi connectivity index (χ2n) is 4.68. The van der Waals surface area contributed by atoms with Crippen molar-refractivity contribution < 1.29 is 4.21 Å². The van der Waals surface area contributed by atoms with Crippen LogP contribution in [-0.2, 0) is 10.8 Å². The number of nitrogens with one attached hydrogen (secondary N) is 1. The first kappa shape index (κ1) is 13.1. The van der Waals surface area contributed by atoms with Gasteiger partial charge in [0.1, 0.15) is 0 Å². The fourth-order valence-corrected chi connectivity index (χ4v) is 3.16. The van der Waals surface area contributed by atoms with E-state index in [1.165, 1.54) is 0 Å². The smallest absolute Gasteiger partial charge is 0.193 e. The molecular weight excluding hydrogens is 246 g/mol. The van der Waals surface area contributed by atoms with E-state index in [1.54, 1.807) is 6.26 Å². The van der Waals surface area contributed by atoms with E-state index < -0.39 is 10.8 Å². The second-order valence-corrected chi connectivity index (χ2v) is 6.46. The van der Waals surface area contributed by atoms with E-state index in [-0.39, 0.29) is 4.75 Å². The zero-order valence-electron chi connectivity index (χ0n) is 10.6. The van der Waals surface area contributed by atoms with Crippen LogP contribution >= 0.6 is 0 Å². The molecule has 1 unspecified atom stereocenters. The Kier molecular flexibility index (Phi) is 4.01. The van der Waals surface area contributed by atoms with Crippen LogP contribution in [0, 0.1) is 0 Å². The number of hydrogen-bond donors (Lipinski definition) is 2. The van der Waals surface area contributed by atoms with Crippen molar-refractivity contribution in [2.45, 2.75) is 24.0 Å². The van der Waals surface area contributed by atoms with Crippen molar-refractivity contribution in [3.05, 3.63) is 30.3 Å². The molecule has 1 atom stereocenters. The van der Waals surface area contributed by atoms with Crippen LogP contribution in [0.3, 0.4) is 0 Å². The van der Waals surface area contributed by atoms with Crippen molar-refractivity contribution in [3.63, 3.8) is 0 Å². The molecular formula is C13H19N3OS. The molecule has 0 spiro atoms. The van der Waals surface area contributed by atoms with E-state index in [4.69, 9.17) is 5.73 Å². The molecule has 1 aromatic carbocycles. The lowest BCUT2D eigenvalue weighted by Gasteiger charge is -2.38. The van der Waals surface area contributed by atoms with Gasteiger partial charge in [-0.1, -0.05) is 24.6 Å². The van der Waals surface area contributed by atoms with Crippen LogP contribution in [0.25, 0.3) is 0 Å². The van der Waals surface area contributed by atoms with Gasteiger partial charge in [0.25, 0.3) is 0 Å². The molecule has 0 amide bonds. The normalized spacial score (nSPS) is 19.9. The van der Waals surface area contributed by atoms with E-state index in [0.717, 1.165) is 24.9 Å². The topological polar surface area (TPSA) is 67.5 Å². The Balaban J connectivity index is 1.95. The van der Waals surface area contributed by atoms with Gasteiger partial charge < -0.3 is 11.1 Å². The lowest BCUT2D eigenvalue weighted by Crippen LogP contribution is -2.44. The standard InChI is InChI=1S/C13H19N3OS/c1-18(17)13(8-5-9-13)10-15-12(14)16-11-6-3-2-4-7-11/h2-4,6-7H,5,8-10H2,1H3,(H3,14,15,16). The number of benzene rings is 1. The molecule has 1 aromatic rings. The molecule has 2 rings (SSSR count). The second kappa shape index (κ2) is 5.52. The highest BCUT2D eigenvalue weighted by Gasteiger charge is 2.40. The Morgan fingerprint density at radius 3 is 2.61 bits per heavy atom. The Morgan fingerprint density at radius 1 is 1.44 bits per heavy atom. The van der Waals surface area contributed by atoms with Crippen molar-refractivity contribution >= 4 is 22.4 Å². The highest BCUT2D eigenvalue weighted by atomic mass is 32.2. The van der Waals surface area contributed by atoms with Crippen molar-refractivity contribution in [1.82, 2.24) is 0 Å². The summed E-state index contributed by atoms with van der Waals surface area (Å²) in [7, 11) is -0.835. The lowest BCUT2D eigenvalue weighted by atomic mass is 9.84. The summed E-state index contributed by atoms with van der Waals surface area (Å²) in [4.78, 5) is 4.33. The maximum atomic E-state index is 11.7. The molecule has 5 heteroatoms. The van der Waals surface area contributed by atoms with E-state index >= 15 is 0 Å². The molecule has 0 aliphatic heterocycles. The van der Waals surface area contributed by atoms with Crippen LogP contribution in [0.1, 0.15) is 19.3 Å². The van der Waals surface area contributed by atoms with Gasteiger partial charge in [-0.15, -0.1) is 0 Å². The number of nitrogens with two attached hydrogens (primary N) is 1. The predicted molar refractivity (Wildman–Crippen MR) is 77.2 cm³/mol.